The van der Waals surface area contributed by atoms with Crippen molar-refractivity contribution in [1.29, 1.82) is 0 Å². The highest BCUT2D eigenvalue weighted by atomic mass is 19.4. The molecule has 3 aromatic carbocycles. The SMILES string of the molecule is CCCNC(=O)c1ccc(CCN2C(=O)C(c3cccc(C(F)(F)F)c3)=NC23CCC(c2ccccc2)CC3)cc1. The van der Waals surface area contributed by atoms with Gasteiger partial charge in [0.2, 0.25) is 0 Å². The number of nitrogens with one attached hydrogen (secondary N) is 1. The van der Waals surface area contributed by atoms with Gasteiger partial charge in [0.15, 0.2) is 0 Å². The van der Waals surface area contributed by atoms with Crippen molar-refractivity contribution in [2.24, 2.45) is 4.99 Å². The minimum atomic E-state index is -4.51. The summed E-state index contributed by atoms with van der Waals surface area (Å²) in [7, 11) is 0. The molecule has 0 saturated heterocycles. The molecule has 0 aromatic heterocycles. The van der Waals surface area contributed by atoms with Gasteiger partial charge in [-0.05, 0) is 79.8 Å². The van der Waals surface area contributed by atoms with E-state index in [1.807, 2.05) is 37.3 Å². The van der Waals surface area contributed by atoms with Gasteiger partial charge in [-0.15, -0.1) is 0 Å². The van der Waals surface area contributed by atoms with E-state index in [4.69, 9.17) is 4.99 Å². The van der Waals surface area contributed by atoms with Gasteiger partial charge in [-0.25, -0.2) is 0 Å². The lowest BCUT2D eigenvalue weighted by Gasteiger charge is -2.41. The van der Waals surface area contributed by atoms with Crippen LogP contribution in [0.2, 0.25) is 0 Å². The Morgan fingerprint density at radius 2 is 1.71 bits per heavy atom. The van der Waals surface area contributed by atoms with Gasteiger partial charge in [0, 0.05) is 24.2 Å². The number of alkyl halides is 3. The Hall–Kier alpha value is -3.94. The maximum Gasteiger partial charge on any atom is 0.416 e. The molecule has 1 N–H and O–H groups in total. The Morgan fingerprint density at radius 1 is 1.00 bits per heavy atom. The third kappa shape index (κ3) is 6.21. The fourth-order valence-electron chi connectivity index (χ4n) is 5.90. The van der Waals surface area contributed by atoms with Gasteiger partial charge in [0.1, 0.15) is 11.4 Å². The van der Waals surface area contributed by atoms with Gasteiger partial charge in [-0.2, -0.15) is 13.2 Å². The number of hydrogen-bond donors (Lipinski definition) is 1. The molecule has 2 amide bonds. The van der Waals surface area contributed by atoms with Crippen LogP contribution in [0, 0.1) is 0 Å². The van der Waals surface area contributed by atoms with E-state index in [-0.39, 0.29) is 23.1 Å². The molecule has 0 unspecified atom stereocenters. The summed E-state index contributed by atoms with van der Waals surface area (Å²) in [6, 6.07) is 22.5. The van der Waals surface area contributed by atoms with E-state index in [9.17, 15) is 22.8 Å². The van der Waals surface area contributed by atoms with E-state index in [1.165, 1.54) is 17.7 Å². The number of benzene rings is 3. The average Bonchev–Trinajstić information content (AvgIpc) is 3.25. The van der Waals surface area contributed by atoms with Crippen LogP contribution in [0.1, 0.15) is 77.6 Å². The molecule has 41 heavy (non-hydrogen) atoms. The molecule has 8 heteroatoms. The van der Waals surface area contributed by atoms with Gasteiger partial charge >= 0.3 is 6.18 Å². The quantitative estimate of drug-likeness (QED) is 0.330. The van der Waals surface area contributed by atoms with Crippen LogP contribution in [0.5, 0.6) is 0 Å². The number of rotatable bonds is 8. The maximum atomic E-state index is 13.8. The van der Waals surface area contributed by atoms with Gasteiger partial charge in [-0.1, -0.05) is 61.5 Å². The van der Waals surface area contributed by atoms with Crippen LogP contribution < -0.4 is 5.32 Å². The van der Waals surface area contributed by atoms with E-state index in [1.54, 1.807) is 17.0 Å². The second-order valence-corrected chi connectivity index (χ2v) is 10.9. The summed E-state index contributed by atoms with van der Waals surface area (Å²) >= 11 is 0. The first-order chi connectivity index (χ1) is 19.7. The predicted molar refractivity (Wildman–Crippen MR) is 153 cm³/mol. The number of aliphatic imine (C=N–C) groups is 1. The molecule has 1 fully saturated rings. The first-order valence-electron chi connectivity index (χ1n) is 14.2. The fourth-order valence-corrected chi connectivity index (χ4v) is 5.90. The highest BCUT2D eigenvalue weighted by Gasteiger charge is 2.49. The monoisotopic (exact) mass is 561 g/mol. The molecular formula is C33H34F3N3O2. The summed E-state index contributed by atoms with van der Waals surface area (Å²) in [5, 5.41) is 2.86. The summed E-state index contributed by atoms with van der Waals surface area (Å²) in [6.07, 6.45) is -0.190. The molecule has 1 aliphatic carbocycles. The maximum absolute atomic E-state index is 13.8. The summed E-state index contributed by atoms with van der Waals surface area (Å²) in [5.41, 5.74) is 1.50. The van der Waals surface area contributed by atoms with Crippen molar-refractivity contribution in [3.05, 3.63) is 107 Å². The van der Waals surface area contributed by atoms with Crippen molar-refractivity contribution in [2.75, 3.05) is 13.1 Å². The molecule has 1 spiro atoms. The van der Waals surface area contributed by atoms with Crippen LogP contribution in [0.15, 0.2) is 83.9 Å². The van der Waals surface area contributed by atoms with Crippen LogP contribution in [-0.4, -0.2) is 41.2 Å². The Balaban J connectivity index is 1.38. The van der Waals surface area contributed by atoms with Crippen molar-refractivity contribution >= 4 is 17.5 Å². The smallest absolute Gasteiger partial charge is 0.352 e. The summed E-state index contributed by atoms with van der Waals surface area (Å²) in [6.45, 7) is 2.98. The lowest BCUT2D eigenvalue weighted by molar-refractivity contribution is -0.137. The molecule has 5 nitrogen and oxygen atoms in total. The minimum Gasteiger partial charge on any atom is -0.352 e. The first kappa shape index (κ1) is 28.6. The average molecular weight is 562 g/mol. The Morgan fingerprint density at radius 3 is 2.37 bits per heavy atom. The minimum absolute atomic E-state index is 0.0946. The standard InChI is InChI=1S/C33H34F3N3O2/c1-2-20-37-30(40)26-13-11-23(12-14-26)17-21-39-31(41)29(27-9-6-10-28(22-27)33(34,35)36)38-32(39)18-15-25(16-19-32)24-7-4-3-5-8-24/h3-14,22,25H,2,15-21H2,1H3,(H,37,40). The molecule has 5 rings (SSSR count). The van der Waals surface area contributed by atoms with Crippen molar-refractivity contribution in [1.82, 2.24) is 10.2 Å². The molecule has 1 saturated carbocycles. The Bertz CT molecular complexity index is 1410. The van der Waals surface area contributed by atoms with E-state index >= 15 is 0 Å². The summed E-state index contributed by atoms with van der Waals surface area (Å²) < 4.78 is 40.4. The van der Waals surface area contributed by atoms with E-state index in [0.29, 0.717) is 43.8 Å². The number of halogens is 3. The second kappa shape index (κ2) is 11.9. The van der Waals surface area contributed by atoms with E-state index < -0.39 is 17.4 Å². The first-order valence-corrected chi connectivity index (χ1v) is 14.2. The Kier molecular flexibility index (Phi) is 8.29. The molecule has 0 atom stereocenters. The van der Waals surface area contributed by atoms with Crippen molar-refractivity contribution in [2.45, 2.75) is 63.2 Å². The van der Waals surface area contributed by atoms with Crippen molar-refractivity contribution < 1.29 is 22.8 Å². The van der Waals surface area contributed by atoms with Gasteiger partial charge in [0.05, 0.1) is 5.56 Å². The largest absolute Gasteiger partial charge is 0.416 e. The molecule has 0 radical (unpaired) electrons. The molecule has 2 aliphatic rings. The molecule has 214 valence electrons. The van der Waals surface area contributed by atoms with Crippen molar-refractivity contribution in [3.8, 4) is 0 Å². The number of nitrogens with zero attached hydrogens (tertiary/aromatic N) is 2. The highest BCUT2D eigenvalue weighted by molar-refractivity contribution is 6.46. The number of carbonyl (C=O) groups excluding carboxylic acids is 2. The lowest BCUT2D eigenvalue weighted by atomic mass is 9.78. The molecule has 0 bridgehead atoms. The van der Waals surface area contributed by atoms with Gasteiger partial charge in [-0.3, -0.25) is 14.6 Å². The van der Waals surface area contributed by atoms with E-state index in [2.05, 4.69) is 17.4 Å². The zero-order valence-electron chi connectivity index (χ0n) is 23.1. The lowest BCUT2D eigenvalue weighted by Crippen LogP contribution is -2.49. The third-order valence-corrected chi connectivity index (χ3v) is 8.17. The zero-order chi connectivity index (χ0) is 29.0. The molecular weight excluding hydrogens is 527 g/mol. The van der Waals surface area contributed by atoms with Crippen molar-refractivity contribution in [3.63, 3.8) is 0 Å². The zero-order valence-corrected chi connectivity index (χ0v) is 23.1. The molecule has 3 aromatic rings. The fraction of sp³-hybridized carbons (Fsp3) is 0.364. The molecule has 1 heterocycles. The summed E-state index contributed by atoms with van der Waals surface area (Å²) in [4.78, 5) is 32.8. The third-order valence-electron chi connectivity index (χ3n) is 8.17. The number of carbonyl (C=O) groups is 2. The van der Waals surface area contributed by atoms with Gasteiger partial charge < -0.3 is 10.2 Å². The highest BCUT2D eigenvalue weighted by Crippen LogP contribution is 2.45. The van der Waals surface area contributed by atoms with Gasteiger partial charge in [0.25, 0.3) is 11.8 Å². The van der Waals surface area contributed by atoms with Crippen LogP contribution in [0.4, 0.5) is 13.2 Å². The van der Waals surface area contributed by atoms with E-state index in [0.717, 1.165) is 37.0 Å². The van der Waals surface area contributed by atoms with Crippen LogP contribution in [-0.2, 0) is 17.4 Å². The van der Waals surface area contributed by atoms with Crippen LogP contribution >= 0.6 is 0 Å². The summed E-state index contributed by atoms with van der Waals surface area (Å²) in [5.74, 6) is -0.114. The topological polar surface area (TPSA) is 61.8 Å². The normalized spacial score (nSPS) is 20.8. The molecule has 1 aliphatic heterocycles. The van der Waals surface area contributed by atoms with Crippen LogP contribution in [0.25, 0.3) is 0 Å². The number of hydrogen-bond acceptors (Lipinski definition) is 3. The predicted octanol–water partition coefficient (Wildman–Crippen LogP) is 6.77. The van der Waals surface area contributed by atoms with Crippen LogP contribution in [0.3, 0.4) is 0 Å². The number of amides is 2. The second-order valence-electron chi connectivity index (χ2n) is 10.9. The Labute approximate surface area is 238 Å².